The lowest BCUT2D eigenvalue weighted by Gasteiger charge is -2.13. The Morgan fingerprint density at radius 3 is 1.71 bits per heavy atom. The van der Waals surface area contributed by atoms with Crippen LogP contribution in [0.25, 0.3) is 0 Å². The summed E-state index contributed by atoms with van der Waals surface area (Å²) in [4.78, 5) is 45.4. The molecule has 0 aromatic carbocycles. The topological polar surface area (TPSA) is 171 Å². The molecular weight excluding hydrogens is 198 g/mol. The molecule has 0 atom stereocenters. The summed E-state index contributed by atoms with van der Waals surface area (Å²) in [6.45, 7) is 0. The summed E-state index contributed by atoms with van der Waals surface area (Å²) >= 11 is 0. The molecule has 7 N–H and O–H groups in total. The third-order valence-corrected chi connectivity index (χ3v) is 0.800. The van der Waals surface area contributed by atoms with Crippen LogP contribution in [0.3, 0.4) is 0 Å². The van der Waals surface area contributed by atoms with Gasteiger partial charge in [-0.15, -0.1) is 0 Å². The van der Waals surface area contributed by atoms with Crippen molar-refractivity contribution in [2.75, 3.05) is 0 Å². The molecule has 0 spiro atoms. The summed E-state index contributed by atoms with van der Waals surface area (Å²) in [6.07, 6.45) is -1.46. The van der Waals surface area contributed by atoms with Gasteiger partial charge in [0.2, 0.25) is 0 Å². The van der Waals surface area contributed by atoms with Gasteiger partial charge in [0.1, 0.15) is 0 Å². The molecule has 0 aliphatic heterocycles. The van der Waals surface area contributed by atoms with Gasteiger partial charge in [0, 0.05) is 0 Å². The molecule has 0 rings (SSSR count). The minimum Gasteiger partial charge on any atom is -0.351 e. The van der Waals surface area contributed by atoms with Crippen LogP contribution in [0.5, 0.6) is 0 Å². The van der Waals surface area contributed by atoms with Gasteiger partial charge >= 0.3 is 24.2 Å². The molecule has 14 heavy (non-hydrogen) atoms. The smallest absolute Gasteiger partial charge is 0.351 e. The van der Waals surface area contributed by atoms with Crippen LogP contribution in [0.15, 0.2) is 0 Å². The second-order valence-corrected chi connectivity index (χ2v) is 1.84. The fraction of sp³-hybridized carbons (Fsp3) is 0. The number of hydrogen-bond donors (Lipinski definition) is 4. The molecule has 0 fully saturated rings. The zero-order valence-electron chi connectivity index (χ0n) is 6.72. The summed E-state index contributed by atoms with van der Waals surface area (Å²) in [6, 6.07) is -4.07. The van der Waals surface area contributed by atoms with E-state index in [1.807, 2.05) is 0 Å². The number of carbonyl (C=O) groups excluding carboxylic acids is 4. The normalized spacial score (nSPS) is 8.57. The molecule has 0 aromatic heterocycles. The minimum atomic E-state index is -1.46. The van der Waals surface area contributed by atoms with E-state index in [0.717, 1.165) is 0 Å². The Balaban J connectivity index is 4.31. The first-order valence-corrected chi connectivity index (χ1v) is 3.02. The zero-order chi connectivity index (χ0) is 11.3. The van der Waals surface area contributed by atoms with Crippen LogP contribution >= 0.6 is 0 Å². The van der Waals surface area contributed by atoms with Gasteiger partial charge in [-0.3, -0.25) is 0 Å². The lowest BCUT2D eigenvalue weighted by atomic mass is 10.9. The number of urea groups is 3. The number of hydrogen-bond acceptors (Lipinski definition) is 5. The molecular formula is C4H7N5O5. The largest absolute Gasteiger partial charge is 0.440 e. The van der Waals surface area contributed by atoms with Crippen LogP contribution < -0.4 is 22.5 Å². The summed E-state index contributed by atoms with van der Waals surface area (Å²) in [5.74, 6) is 0. The SMILES string of the molecule is NC(=O)NC(=O)ON(C(N)=O)C(N)=O. The van der Waals surface area contributed by atoms with Crippen molar-refractivity contribution in [3.05, 3.63) is 0 Å². The van der Waals surface area contributed by atoms with Crippen molar-refractivity contribution in [3.63, 3.8) is 0 Å². The number of hydroxylamine groups is 2. The maximum absolute atomic E-state index is 10.6. The second-order valence-electron chi connectivity index (χ2n) is 1.84. The van der Waals surface area contributed by atoms with Crippen molar-refractivity contribution in [2.24, 2.45) is 17.2 Å². The van der Waals surface area contributed by atoms with E-state index in [-0.39, 0.29) is 5.06 Å². The molecule has 0 aliphatic rings. The number of rotatable bonds is 0. The molecule has 0 saturated heterocycles. The lowest BCUT2D eigenvalue weighted by Crippen LogP contribution is -2.48. The number of carbonyl (C=O) groups is 4. The molecule has 0 unspecified atom stereocenters. The third kappa shape index (κ3) is 3.75. The van der Waals surface area contributed by atoms with Crippen molar-refractivity contribution in [3.8, 4) is 0 Å². The molecule has 7 amide bonds. The highest BCUT2D eigenvalue weighted by molar-refractivity contribution is 5.94. The highest BCUT2D eigenvalue weighted by atomic mass is 16.7. The summed E-state index contributed by atoms with van der Waals surface area (Å²) in [5.41, 5.74) is 13.7. The van der Waals surface area contributed by atoms with Gasteiger partial charge in [-0.05, 0) is 0 Å². The van der Waals surface area contributed by atoms with Crippen molar-refractivity contribution in [1.82, 2.24) is 10.4 Å². The summed E-state index contributed by atoms with van der Waals surface area (Å²) in [7, 11) is 0. The Morgan fingerprint density at radius 2 is 1.43 bits per heavy atom. The Labute approximate surface area is 76.9 Å². The Kier molecular flexibility index (Phi) is 3.68. The van der Waals surface area contributed by atoms with Crippen LogP contribution in [0.1, 0.15) is 0 Å². The number of nitrogens with one attached hydrogen (secondary N) is 1. The Hall–Kier alpha value is -2.52. The molecule has 0 bridgehead atoms. The highest BCUT2D eigenvalue weighted by Crippen LogP contribution is 1.90. The quantitative estimate of drug-likeness (QED) is 0.340. The first-order valence-electron chi connectivity index (χ1n) is 3.02. The maximum atomic E-state index is 10.6. The van der Waals surface area contributed by atoms with E-state index < -0.39 is 24.2 Å². The van der Waals surface area contributed by atoms with Gasteiger partial charge in [0.05, 0.1) is 0 Å². The first-order chi connectivity index (χ1) is 6.34. The van der Waals surface area contributed by atoms with E-state index in [1.54, 1.807) is 0 Å². The van der Waals surface area contributed by atoms with E-state index in [2.05, 4.69) is 22.0 Å². The average Bonchev–Trinajstić information content (AvgIpc) is 1.97. The number of primary amides is 3. The highest BCUT2D eigenvalue weighted by Gasteiger charge is 2.21. The van der Waals surface area contributed by atoms with Gasteiger partial charge < -0.3 is 22.0 Å². The van der Waals surface area contributed by atoms with Crippen molar-refractivity contribution in [2.45, 2.75) is 0 Å². The van der Waals surface area contributed by atoms with E-state index in [9.17, 15) is 19.2 Å². The van der Waals surface area contributed by atoms with Crippen molar-refractivity contribution >= 4 is 24.2 Å². The number of amides is 7. The lowest BCUT2D eigenvalue weighted by molar-refractivity contribution is -0.0158. The summed E-state index contributed by atoms with van der Waals surface area (Å²) in [5, 5.41) is 1.15. The third-order valence-electron chi connectivity index (χ3n) is 0.800. The standard InChI is InChI=1S/C4H7N5O5/c5-1(10)8-4(13)14-9(2(6)11)3(7)12/h(H2,6,11)(H2,7,12)(H3,5,8,10,13). The Morgan fingerprint density at radius 1 is 1.00 bits per heavy atom. The Bertz CT molecular complexity index is 274. The van der Waals surface area contributed by atoms with Crippen molar-refractivity contribution < 1.29 is 24.0 Å². The molecule has 10 nitrogen and oxygen atoms in total. The molecule has 78 valence electrons. The van der Waals surface area contributed by atoms with E-state index >= 15 is 0 Å². The van der Waals surface area contributed by atoms with Crippen molar-refractivity contribution in [1.29, 1.82) is 0 Å². The zero-order valence-corrected chi connectivity index (χ0v) is 6.72. The molecule has 10 heteroatoms. The van der Waals surface area contributed by atoms with Gasteiger partial charge in [0.25, 0.3) is 0 Å². The summed E-state index contributed by atoms with van der Waals surface area (Å²) < 4.78 is 0. The van der Waals surface area contributed by atoms with Crippen LogP contribution in [-0.4, -0.2) is 29.2 Å². The van der Waals surface area contributed by atoms with Gasteiger partial charge in [-0.2, -0.15) is 0 Å². The maximum Gasteiger partial charge on any atom is 0.440 e. The minimum absolute atomic E-state index is 0.252. The first kappa shape index (κ1) is 11.5. The molecule has 0 saturated carbocycles. The number of imide groups is 2. The molecule has 0 radical (unpaired) electrons. The van der Waals surface area contributed by atoms with Gasteiger partial charge in [0.15, 0.2) is 0 Å². The average molecular weight is 205 g/mol. The van der Waals surface area contributed by atoms with Crippen LogP contribution in [-0.2, 0) is 4.84 Å². The monoisotopic (exact) mass is 205 g/mol. The van der Waals surface area contributed by atoms with E-state index in [1.165, 1.54) is 5.32 Å². The van der Waals surface area contributed by atoms with E-state index in [4.69, 9.17) is 0 Å². The van der Waals surface area contributed by atoms with Crippen LogP contribution in [0.4, 0.5) is 19.2 Å². The fourth-order valence-corrected chi connectivity index (χ4v) is 0.405. The fourth-order valence-electron chi connectivity index (χ4n) is 0.405. The number of nitrogens with zero attached hydrogens (tertiary/aromatic N) is 1. The van der Waals surface area contributed by atoms with Gasteiger partial charge in [-0.25, -0.2) is 24.5 Å². The molecule has 0 heterocycles. The van der Waals surface area contributed by atoms with Crippen LogP contribution in [0, 0.1) is 0 Å². The molecule has 0 aromatic rings. The second kappa shape index (κ2) is 4.49. The van der Waals surface area contributed by atoms with E-state index in [0.29, 0.717) is 0 Å². The van der Waals surface area contributed by atoms with Gasteiger partial charge in [-0.1, -0.05) is 5.06 Å². The van der Waals surface area contributed by atoms with Crippen LogP contribution in [0.2, 0.25) is 0 Å². The predicted octanol–water partition coefficient (Wildman–Crippen LogP) is -1.83. The number of nitrogens with two attached hydrogens (primary N) is 3. The predicted molar refractivity (Wildman–Crippen MR) is 40.2 cm³/mol. The molecule has 0 aliphatic carbocycles.